The highest BCUT2D eigenvalue weighted by atomic mass is 32.2. The lowest BCUT2D eigenvalue weighted by Gasteiger charge is -2.34. The molecule has 1 fully saturated rings. The number of sulfonamides is 1. The highest BCUT2D eigenvalue weighted by molar-refractivity contribution is 7.91. The molecule has 6 heteroatoms. The van der Waals surface area contributed by atoms with E-state index in [0.717, 1.165) is 24.8 Å². The lowest BCUT2D eigenvalue weighted by molar-refractivity contribution is -0.149. The van der Waals surface area contributed by atoms with Gasteiger partial charge in [0.05, 0.1) is 0 Å². The number of hydrogen-bond acceptors (Lipinski definition) is 4. The van der Waals surface area contributed by atoms with Crippen molar-refractivity contribution < 1.29 is 17.9 Å². The molecule has 1 N–H and O–H groups in total. The largest absolute Gasteiger partial charge is 0.460 e. The number of carbonyl (C=O) groups is 1. The van der Waals surface area contributed by atoms with E-state index in [1.54, 1.807) is 13.8 Å². The minimum atomic E-state index is -3.77. The maximum Gasteiger partial charge on any atom is 0.329 e. The van der Waals surface area contributed by atoms with Crippen molar-refractivity contribution in [2.75, 3.05) is 0 Å². The van der Waals surface area contributed by atoms with E-state index in [-0.39, 0.29) is 12.6 Å². The van der Waals surface area contributed by atoms with Crippen LogP contribution in [0.2, 0.25) is 0 Å². The summed E-state index contributed by atoms with van der Waals surface area (Å²) < 4.78 is 32.0. The Morgan fingerprint density at radius 2 is 1.78 bits per heavy atom. The number of esters is 1. The average Bonchev–Trinajstić information content (AvgIpc) is 2.53. The molecule has 0 spiro atoms. The van der Waals surface area contributed by atoms with Gasteiger partial charge in [0.15, 0.2) is 4.75 Å². The van der Waals surface area contributed by atoms with Crippen molar-refractivity contribution in [2.24, 2.45) is 0 Å². The topological polar surface area (TPSA) is 72.5 Å². The SMILES string of the molecule is CC(C)NS(=O)(=O)C1(C(=O)OCc2ccccc2)CCCCC1. The molecule has 23 heavy (non-hydrogen) atoms. The van der Waals surface area contributed by atoms with Gasteiger partial charge in [0.25, 0.3) is 0 Å². The van der Waals surface area contributed by atoms with Gasteiger partial charge < -0.3 is 4.74 Å². The van der Waals surface area contributed by atoms with Gasteiger partial charge in [-0.1, -0.05) is 49.6 Å². The molecule has 0 radical (unpaired) electrons. The van der Waals surface area contributed by atoms with Crippen molar-refractivity contribution in [1.82, 2.24) is 4.72 Å². The lowest BCUT2D eigenvalue weighted by Crippen LogP contribution is -2.55. The molecule has 0 amide bonds. The molecule has 5 nitrogen and oxygen atoms in total. The molecule has 1 aromatic rings. The van der Waals surface area contributed by atoms with E-state index < -0.39 is 20.7 Å². The highest BCUT2D eigenvalue weighted by Crippen LogP contribution is 2.36. The monoisotopic (exact) mass is 339 g/mol. The first kappa shape index (κ1) is 17.9. The zero-order valence-electron chi connectivity index (χ0n) is 13.7. The third kappa shape index (κ3) is 4.12. The van der Waals surface area contributed by atoms with Crippen LogP contribution in [0.3, 0.4) is 0 Å². The summed E-state index contributed by atoms with van der Waals surface area (Å²) in [6, 6.07) is 9.04. The molecule has 0 heterocycles. The normalized spacial score (nSPS) is 17.9. The van der Waals surface area contributed by atoms with Crippen molar-refractivity contribution in [3.8, 4) is 0 Å². The van der Waals surface area contributed by atoms with E-state index in [2.05, 4.69) is 4.72 Å². The van der Waals surface area contributed by atoms with Gasteiger partial charge >= 0.3 is 5.97 Å². The Morgan fingerprint density at radius 3 is 2.35 bits per heavy atom. The van der Waals surface area contributed by atoms with Crippen LogP contribution in [-0.4, -0.2) is 25.2 Å². The zero-order valence-corrected chi connectivity index (χ0v) is 14.6. The Labute approximate surface area is 138 Å². The molecular weight excluding hydrogens is 314 g/mol. The van der Waals surface area contributed by atoms with Crippen molar-refractivity contribution in [3.63, 3.8) is 0 Å². The van der Waals surface area contributed by atoms with Crippen LogP contribution in [0.1, 0.15) is 51.5 Å². The quantitative estimate of drug-likeness (QED) is 0.809. The smallest absolute Gasteiger partial charge is 0.329 e. The fourth-order valence-corrected chi connectivity index (χ4v) is 4.93. The van der Waals surface area contributed by atoms with Gasteiger partial charge in [0, 0.05) is 6.04 Å². The minimum Gasteiger partial charge on any atom is -0.460 e. The van der Waals surface area contributed by atoms with Crippen LogP contribution in [0.15, 0.2) is 30.3 Å². The molecule has 0 aromatic heterocycles. The van der Waals surface area contributed by atoms with Gasteiger partial charge in [-0.05, 0) is 32.3 Å². The Morgan fingerprint density at radius 1 is 1.17 bits per heavy atom. The molecule has 2 rings (SSSR count). The maximum atomic E-state index is 12.8. The van der Waals surface area contributed by atoms with Crippen molar-refractivity contribution in [2.45, 2.75) is 63.3 Å². The standard InChI is InChI=1S/C17H25NO4S/c1-14(2)18-23(20,21)17(11-7-4-8-12-17)16(19)22-13-15-9-5-3-6-10-15/h3,5-6,9-10,14,18H,4,7-8,11-13H2,1-2H3. The summed E-state index contributed by atoms with van der Waals surface area (Å²) in [4.78, 5) is 12.7. The number of benzene rings is 1. The molecule has 0 saturated heterocycles. The number of nitrogens with one attached hydrogen (secondary N) is 1. The van der Waals surface area contributed by atoms with Crippen molar-refractivity contribution >= 4 is 16.0 Å². The average molecular weight is 339 g/mol. The lowest BCUT2D eigenvalue weighted by atomic mass is 9.88. The Balaban J connectivity index is 2.19. The first-order chi connectivity index (χ1) is 10.9. The summed E-state index contributed by atoms with van der Waals surface area (Å²) in [6.07, 6.45) is 3.04. The second kappa shape index (κ2) is 7.45. The van der Waals surface area contributed by atoms with E-state index >= 15 is 0 Å². The van der Waals surface area contributed by atoms with Crippen LogP contribution in [0.4, 0.5) is 0 Å². The first-order valence-electron chi connectivity index (χ1n) is 8.10. The summed E-state index contributed by atoms with van der Waals surface area (Å²) in [7, 11) is -3.77. The minimum absolute atomic E-state index is 0.0959. The Hall–Kier alpha value is -1.40. The number of rotatable bonds is 6. The molecule has 1 saturated carbocycles. The summed E-state index contributed by atoms with van der Waals surface area (Å²) in [6.45, 7) is 3.60. The fourth-order valence-electron chi connectivity index (χ4n) is 2.98. The maximum absolute atomic E-state index is 12.8. The van der Waals surface area contributed by atoms with Gasteiger partial charge in [-0.3, -0.25) is 4.79 Å². The van der Waals surface area contributed by atoms with Crippen LogP contribution >= 0.6 is 0 Å². The van der Waals surface area contributed by atoms with Crippen molar-refractivity contribution in [1.29, 1.82) is 0 Å². The van der Waals surface area contributed by atoms with Gasteiger partial charge in [-0.2, -0.15) is 0 Å². The molecule has 0 unspecified atom stereocenters. The second-order valence-corrected chi connectivity index (χ2v) is 8.42. The zero-order chi connectivity index (χ0) is 16.9. The molecule has 0 bridgehead atoms. The molecule has 128 valence electrons. The molecule has 1 aromatic carbocycles. The van der Waals surface area contributed by atoms with E-state index in [0.29, 0.717) is 12.8 Å². The summed E-state index contributed by atoms with van der Waals surface area (Å²) in [5, 5.41) is 0. The molecular formula is C17H25NO4S. The van der Waals surface area contributed by atoms with E-state index in [4.69, 9.17) is 4.74 Å². The molecule has 1 aliphatic rings. The predicted molar refractivity (Wildman–Crippen MR) is 89.2 cm³/mol. The van der Waals surface area contributed by atoms with Crippen molar-refractivity contribution in [3.05, 3.63) is 35.9 Å². The van der Waals surface area contributed by atoms with Gasteiger partial charge in [0.2, 0.25) is 10.0 Å². The summed E-state index contributed by atoms with van der Waals surface area (Å²) >= 11 is 0. The molecule has 0 aliphatic heterocycles. The van der Waals surface area contributed by atoms with Crippen LogP contribution in [0.5, 0.6) is 0 Å². The van der Waals surface area contributed by atoms with Crippen LogP contribution < -0.4 is 4.72 Å². The van der Waals surface area contributed by atoms with E-state index in [1.807, 2.05) is 30.3 Å². The van der Waals surface area contributed by atoms with Crippen LogP contribution in [0, 0.1) is 0 Å². The van der Waals surface area contributed by atoms with Gasteiger partial charge in [-0.25, -0.2) is 13.1 Å². The van der Waals surface area contributed by atoms with Gasteiger partial charge in [-0.15, -0.1) is 0 Å². The van der Waals surface area contributed by atoms with Crippen LogP contribution in [-0.2, 0) is 26.2 Å². The first-order valence-corrected chi connectivity index (χ1v) is 9.59. The van der Waals surface area contributed by atoms with Gasteiger partial charge in [0.1, 0.15) is 6.61 Å². The third-order valence-electron chi connectivity index (χ3n) is 4.15. The van der Waals surface area contributed by atoms with E-state index in [9.17, 15) is 13.2 Å². The number of carbonyl (C=O) groups excluding carboxylic acids is 1. The Bertz CT molecular complexity index is 619. The third-order valence-corrected chi connectivity index (χ3v) is 6.54. The Kier molecular flexibility index (Phi) is 5.81. The molecule has 0 atom stereocenters. The summed E-state index contributed by atoms with van der Waals surface area (Å²) in [5.74, 6) is -0.630. The second-order valence-electron chi connectivity index (χ2n) is 6.39. The van der Waals surface area contributed by atoms with E-state index in [1.165, 1.54) is 0 Å². The predicted octanol–water partition coefficient (Wildman–Crippen LogP) is 2.76. The number of ether oxygens (including phenoxy) is 1. The fraction of sp³-hybridized carbons (Fsp3) is 0.588. The highest BCUT2D eigenvalue weighted by Gasteiger charge is 2.52. The molecule has 1 aliphatic carbocycles. The summed E-state index contributed by atoms with van der Waals surface area (Å²) in [5.41, 5.74) is 0.848. The number of hydrogen-bond donors (Lipinski definition) is 1. The van der Waals surface area contributed by atoms with Crippen LogP contribution in [0.25, 0.3) is 0 Å².